The van der Waals surface area contributed by atoms with Crippen molar-refractivity contribution in [1.82, 2.24) is 9.97 Å². The average Bonchev–Trinajstić information content (AvgIpc) is 2.39. The third-order valence-electron chi connectivity index (χ3n) is 2.63. The minimum atomic E-state index is 0.527. The maximum absolute atomic E-state index is 5.28. The van der Waals surface area contributed by atoms with E-state index in [4.69, 9.17) is 5.84 Å². The second-order valence-electron chi connectivity index (χ2n) is 4.34. The Hall–Kier alpha value is -2.14. The summed E-state index contributed by atoms with van der Waals surface area (Å²) in [6.45, 7) is 4.34. The van der Waals surface area contributed by atoms with E-state index in [0.717, 1.165) is 5.69 Å². The molecule has 0 fully saturated rings. The first-order chi connectivity index (χ1) is 8.69. The molecule has 4 N–H and O–H groups in total. The molecular weight excluding hydrogens is 226 g/mol. The number of aromatic nitrogens is 2. The fraction of sp³-hybridized carbons (Fsp3) is 0.231. The molecule has 0 amide bonds. The van der Waals surface area contributed by atoms with Crippen LogP contribution in [0.5, 0.6) is 0 Å². The molecule has 0 saturated carbocycles. The van der Waals surface area contributed by atoms with Gasteiger partial charge < -0.3 is 10.7 Å². The summed E-state index contributed by atoms with van der Waals surface area (Å²) in [7, 11) is 0. The van der Waals surface area contributed by atoms with Crippen molar-refractivity contribution in [3.05, 3.63) is 42.2 Å². The topological polar surface area (TPSA) is 75.9 Å². The first-order valence-corrected chi connectivity index (χ1v) is 5.84. The summed E-state index contributed by atoms with van der Waals surface area (Å²) in [5, 5.41) is 3.18. The number of hydrogen-bond donors (Lipinski definition) is 3. The van der Waals surface area contributed by atoms with Gasteiger partial charge in [0.15, 0.2) is 11.6 Å². The van der Waals surface area contributed by atoms with Gasteiger partial charge in [0.05, 0.1) is 12.4 Å². The van der Waals surface area contributed by atoms with Crippen LogP contribution in [0.2, 0.25) is 0 Å². The molecule has 1 aromatic heterocycles. The van der Waals surface area contributed by atoms with Crippen LogP contribution in [0.3, 0.4) is 0 Å². The van der Waals surface area contributed by atoms with Crippen LogP contribution < -0.4 is 16.6 Å². The summed E-state index contributed by atoms with van der Waals surface area (Å²) in [5.41, 5.74) is 4.75. The quantitative estimate of drug-likeness (QED) is 0.568. The number of nitrogens with two attached hydrogens (primary N) is 1. The van der Waals surface area contributed by atoms with Gasteiger partial charge in [-0.3, -0.25) is 4.98 Å². The van der Waals surface area contributed by atoms with Gasteiger partial charge in [-0.05, 0) is 23.6 Å². The van der Waals surface area contributed by atoms with E-state index >= 15 is 0 Å². The van der Waals surface area contributed by atoms with E-state index in [1.54, 1.807) is 12.4 Å². The van der Waals surface area contributed by atoms with Gasteiger partial charge in [0.1, 0.15) is 0 Å². The van der Waals surface area contributed by atoms with Gasteiger partial charge in [0, 0.05) is 5.69 Å². The zero-order valence-corrected chi connectivity index (χ0v) is 10.5. The van der Waals surface area contributed by atoms with Crippen LogP contribution in [-0.4, -0.2) is 9.97 Å². The summed E-state index contributed by atoms with van der Waals surface area (Å²) in [6, 6.07) is 8.26. The molecule has 0 saturated heterocycles. The van der Waals surface area contributed by atoms with Crippen LogP contribution in [0, 0.1) is 0 Å². The number of anilines is 3. The second-order valence-corrected chi connectivity index (χ2v) is 4.34. The molecule has 2 rings (SSSR count). The molecule has 5 heteroatoms. The highest BCUT2D eigenvalue weighted by Crippen LogP contribution is 2.19. The van der Waals surface area contributed by atoms with Crippen molar-refractivity contribution in [2.75, 3.05) is 10.7 Å². The van der Waals surface area contributed by atoms with Crippen LogP contribution in [0.4, 0.5) is 17.3 Å². The van der Waals surface area contributed by atoms with Crippen LogP contribution >= 0.6 is 0 Å². The van der Waals surface area contributed by atoms with Gasteiger partial charge in [-0.1, -0.05) is 26.0 Å². The molecule has 0 aliphatic rings. The molecule has 0 spiro atoms. The van der Waals surface area contributed by atoms with E-state index in [0.29, 0.717) is 17.6 Å². The zero-order chi connectivity index (χ0) is 13.0. The first-order valence-electron chi connectivity index (χ1n) is 5.84. The van der Waals surface area contributed by atoms with Crippen molar-refractivity contribution in [2.45, 2.75) is 19.8 Å². The summed E-state index contributed by atoms with van der Waals surface area (Å²) >= 11 is 0. The number of hydrazine groups is 1. The van der Waals surface area contributed by atoms with Crippen LogP contribution in [0.1, 0.15) is 25.3 Å². The van der Waals surface area contributed by atoms with Gasteiger partial charge in [0.25, 0.3) is 0 Å². The molecule has 0 aliphatic heterocycles. The van der Waals surface area contributed by atoms with Crippen LogP contribution in [0.25, 0.3) is 0 Å². The third kappa shape index (κ3) is 2.95. The highest BCUT2D eigenvalue weighted by atomic mass is 15.3. The molecule has 0 atom stereocenters. The molecule has 5 nitrogen and oxygen atoms in total. The van der Waals surface area contributed by atoms with Crippen molar-refractivity contribution in [3.63, 3.8) is 0 Å². The maximum Gasteiger partial charge on any atom is 0.160 e. The summed E-state index contributed by atoms with van der Waals surface area (Å²) < 4.78 is 0. The van der Waals surface area contributed by atoms with Gasteiger partial charge in [-0.25, -0.2) is 10.8 Å². The SMILES string of the molecule is CC(C)c1ccc(Nc2cncc(NN)n2)cc1. The highest BCUT2D eigenvalue weighted by Gasteiger charge is 2.01. The lowest BCUT2D eigenvalue weighted by atomic mass is 10.0. The van der Waals surface area contributed by atoms with Crippen molar-refractivity contribution >= 4 is 17.3 Å². The maximum atomic E-state index is 5.28. The van der Waals surface area contributed by atoms with E-state index in [-0.39, 0.29) is 0 Å². The molecule has 0 unspecified atom stereocenters. The number of nitrogen functional groups attached to an aromatic ring is 1. The minimum absolute atomic E-state index is 0.527. The van der Waals surface area contributed by atoms with Gasteiger partial charge >= 0.3 is 0 Å². The standard InChI is InChI=1S/C13H17N5/c1-9(2)10-3-5-11(6-4-10)16-12-7-15-8-13(17-12)18-14/h3-9H,14H2,1-2H3,(H2,16,17,18). The van der Waals surface area contributed by atoms with E-state index in [2.05, 4.69) is 46.7 Å². The number of nitrogens with one attached hydrogen (secondary N) is 2. The van der Waals surface area contributed by atoms with Crippen molar-refractivity contribution < 1.29 is 0 Å². The van der Waals surface area contributed by atoms with Crippen molar-refractivity contribution in [3.8, 4) is 0 Å². The molecule has 18 heavy (non-hydrogen) atoms. The number of rotatable bonds is 4. The smallest absolute Gasteiger partial charge is 0.160 e. The molecule has 0 aliphatic carbocycles. The Bertz CT molecular complexity index is 507. The lowest BCUT2D eigenvalue weighted by Crippen LogP contribution is -2.09. The lowest BCUT2D eigenvalue weighted by Gasteiger charge is -2.09. The average molecular weight is 243 g/mol. The number of hydrogen-bond acceptors (Lipinski definition) is 5. The van der Waals surface area contributed by atoms with Crippen LogP contribution in [0.15, 0.2) is 36.7 Å². The lowest BCUT2D eigenvalue weighted by molar-refractivity contribution is 0.867. The molecule has 0 radical (unpaired) electrons. The molecule has 2 aromatic rings. The summed E-state index contributed by atoms with van der Waals surface area (Å²) in [6.07, 6.45) is 3.21. The van der Waals surface area contributed by atoms with E-state index < -0.39 is 0 Å². The van der Waals surface area contributed by atoms with Gasteiger partial charge in [-0.15, -0.1) is 0 Å². The summed E-state index contributed by atoms with van der Waals surface area (Å²) in [5.74, 6) is 7.00. The van der Waals surface area contributed by atoms with E-state index in [1.807, 2.05) is 12.1 Å². The van der Waals surface area contributed by atoms with E-state index in [9.17, 15) is 0 Å². The minimum Gasteiger partial charge on any atom is -0.339 e. The third-order valence-corrected chi connectivity index (χ3v) is 2.63. The molecular formula is C13H17N5. The Balaban J connectivity index is 2.13. The number of benzene rings is 1. The van der Waals surface area contributed by atoms with Crippen LogP contribution in [-0.2, 0) is 0 Å². The van der Waals surface area contributed by atoms with Crippen molar-refractivity contribution in [2.24, 2.45) is 5.84 Å². The predicted octanol–water partition coefficient (Wildman–Crippen LogP) is 2.63. The molecule has 0 bridgehead atoms. The Labute approximate surface area is 106 Å². The predicted molar refractivity (Wildman–Crippen MR) is 73.7 cm³/mol. The first kappa shape index (κ1) is 12.3. The monoisotopic (exact) mass is 243 g/mol. The fourth-order valence-electron chi connectivity index (χ4n) is 1.59. The van der Waals surface area contributed by atoms with Crippen molar-refractivity contribution in [1.29, 1.82) is 0 Å². The Morgan fingerprint density at radius 3 is 2.33 bits per heavy atom. The fourth-order valence-corrected chi connectivity index (χ4v) is 1.59. The highest BCUT2D eigenvalue weighted by molar-refractivity contribution is 5.57. The Morgan fingerprint density at radius 2 is 1.72 bits per heavy atom. The molecule has 1 heterocycles. The number of nitrogens with zero attached hydrogens (tertiary/aromatic N) is 2. The van der Waals surface area contributed by atoms with E-state index in [1.165, 1.54) is 5.56 Å². The Morgan fingerprint density at radius 1 is 1.06 bits per heavy atom. The van der Waals surface area contributed by atoms with Gasteiger partial charge in [-0.2, -0.15) is 0 Å². The second kappa shape index (κ2) is 5.46. The molecule has 1 aromatic carbocycles. The Kier molecular flexibility index (Phi) is 3.74. The normalized spacial score (nSPS) is 10.4. The van der Waals surface area contributed by atoms with Gasteiger partial charge in [0.2, 0.25) is 0 Å². The summed E-state index contributed by atoms with van der Waals surface area (Å²) in [4.78, 5) is 8.26. The molecule has 94 valence electrons. The zero-order valence-electron chi connectivity index (χ0n) is 10.5. The largest absolute Gasteiger partial charge is 0.339 e.